The molecule has 0 aromatic heterocycles. The van der Waals surface area contributed by atoms with Gasteiger partial charge in [0.1, 0.15) is 6.15 Å². The van der Waals surface area contributed by atoms with E-state index in [1.807, 2.05) is 0 Å². The molecule has 0 bridgehead atoms. The van der Waals surface area contributed by atoms with E-state index in [0.29, 0.717) is 11.8 Å². The molecule has 0 aliphatic heterocycles. The first kappa shape index (κ1) is 45.1. The zero-order chi connectivity index (χ0) is 33.9. The van der Waals surface area contributed by atoms with E-state index in [0.717, 1.165) is 50.8 Å². The van der Waals surface area contributed by atoms with Gasteiger partial charge in [-0.05, 0) is 119 Å². The summed E-state index contributed by atoms with van der Waals surface area (Å²) >= 11 is 0. The normalized spacial score (nSPS) is 12.6. The molecule has 0 heterocycles. The van der Waals surface area contributed by atoms with Gasteiger partial charge in [0.15, 0.2) is 0 Å². The number of rotatable bonds is 15. The molecule has 0 atom stereocenters. The van der Waals surface area contributed by atoms with Crippen molar-refractivity contribution in [3.8, 4) is 0 Å². The summed E-state index contributed by atoms with van der Waals surface area (Å²) in [5, 5.41) is 0. The average Bonchev–Trinajstić information content (AvgIpc) is 2.92. The first-order valence-electron chi connectivity index (χ1n) is 18.0. The van der Waals surface area contributed by atoms with Crippen molar-refractivity contribution in [3.63, 3.8) is 0 Å². The van der Waals surface area contributed by atoms with E-state index in [1.54, 1.807) is 5.46 Å². The molecule has 0 saturated heterocycles. The number of benzene rings is 2. The van der Waals surface area contributed by atoms with Crippen LogP contribution in [0, 0.1) is 0 Å². The van der Waals surface area contributed by atoms with Crippen molar-refractivity contribution in [2.24, 2.45) is 0 Å². The fourth-order valence-electron chi connectivity index (χ4n) is 7.75. The SMILES string of the molecule is CC(C)[PH+](C[B-](C[PH+](C(C)C)C(C)C)(C[PH+](C(C)C)C(C)C)c1ccccc1)C(C)C.CC(C)c1cccc(C(C)C)c1[NH-].[Mn+2]. The summed E-state index contributed by atoms with van der Waals surface area (Å²) in [5.74, 6) is 0.900. The second-order valence-corrected chi connectivity index (χ2v) is 27.9. The number of hydrogen-bond donors (Lipinski definition) is 0. The summed E-state index contributed by atoms with van der Waals surface area (Å²) in [5.41, 5.74) is 17.9. The predicted molar refractivity (Wildman–Crippen MR) is 221 cm³/mol. The van der Waals surface area contributed by atoms with Gasteiger partial charge in [0.25, 0.3) is 0 Å². The molecule has 257 valence electrons. The molecule has 2 rings (SSSR count). The van der Waals surface area contributed by atoms with E-state index in [2.05, 4.69) is 159 Å². The monoisotopic (exact) mass is 715 g/mol. The number of hydrogen-bond acceptors (Lipinski definition) is 0. The zero-order valence-electron chi connectivity index (χ0n) is 32.3. The van der Waals surface area contributed by atoms with E-state index in [-0.39, 0.29) is 17.1 Å². The summed E-state index contributed by atoms with van der Waals surface area (Å²) in [4.78, 5) is 0. The van der Waals surface area contributed by atoms with Gasteiger partial charge in [0.2, 0.25) is 0 Å². The smallest absolute Gasteiger partial charge is 0.698 e. The van der Waals surface area contributed by atoms with Crippen LogP contribution in [0.5, 0.6) is 0 Å². The molecule has 6 heteroatoms. The predicted octanol–water partition coefficient (Wildman–Crippen LogP) is 12.7. The standard InChI is InChI=1S/C27H53BP3.C12H18N.Mn/c1-21(2)29(22(3)4)18-28(27-16-14-13-15-17-27,19-30(23(5)6)24(7)8)20-31(25(9)10)26(11)12;1-8(2)10-6-5-7-11(9(3)4)12(10)13;/h13-17,21-26H,18-20H2,1-12H3;5-9,13H,1-4H3;/q2*-1;+2/p+3. The van der Waals surface area contributed by atoms with Crippen LogP contribution in [0.1, 0.15) is 134 Å². The molecular weight excluding hydrogens is 641 g/mol. The van der Waals surface area contributed by atoms with Crippen LogP contribution < -0.4 is 5.46 Å². The van der Waals surface area contributed by atoms with Crippen LogP contribution in [0.4, 0.5) is 5.69 Å². The fraction of sp³-hybridized carbons (Fsp3) is 0.692. The minimum Gasteiger partial charge on any atom is -0.698 e. The quantitative estimate of drug-likeness (QED) is 0.130. The molecule has 2 aromatic rings. The molecule has 1 radical (unpaired) electrons. The molecular formula is C39H74BMnNP3+3. The molecule has 0 amide bonds. The molecule has 1 N–H and O–H groups in total. The van der Waals surface area contributed by atoms with Crippen molar-refractivity contribution in [1.29, 1.82) is 0 Å². The summed E-state index contributed by atoms with van der Waals surface area (Å²) in [7, 11) is -1.24. The van der Waals surface area contributed by atoms with Gasteiger partial charge in [-0.2, -0.15) is 5.46 Å². The molecule has 0 aliphatic carbocycles. The van der Waals surface area contributed by atoms with Crippen molar-refractivity contribution in [2.45, 2.75) is 157 Å². The van der Waals surface area contributed by atoms with Crippen LogP contribution >= 0.6 is 23.8 Å². The Balaban J connectivity index is 0.00000115. The Hall–Kier alpha value is 0.114. The van der Waals surface area contributed by atoms with Crippen LogP contribution in [-0.4, -0.2) is 58.3 Å². The van der Waals surface area contributed by atoms with Crippen molar-refractivity contribution < 1.29 is 17.1 Å². The molecule has 0 aliphatic rings. The Morgan fingerprint density at radius 1 is 0.467 bits per heavy atom. The second-order valence-electron chi connectivity index (χ2n) is 16.3. The molecule has 0 spiro atoms. The Morgan fingerprint density at radius 2 is 0.756 bits per heavy atom. The van der Waals surface area contributed by atoms with Gasteiger partial charge in [0, 0.05) is 0 Å². The summed E-state index contributed by atoms with van der Waals surface area (Å²) in [6.07, 6.45) is -0.509. The van der Waals surface area contributed by atoms with Gasteiger partial charge >= 0.3 is 17.1 Å². The van der Waals surface area contributed by atoms with Gasteiger partial charge in [-0.15, -0.1) is 5.69 Å². The first-order valence-corrected chi connectivity index (χ1v) is 23.6. The average molecular weight is 716 g/mol. The van der Waals surface area contributed by atoms with Gasteiger partial charge in [-0.1, -0.05) is 106 Å². The fourth-order valence-corrected chi connectivity index (χ4v) is 19.7. The molecule has 0 fully saturated rings. The third-order valence-corrected chi connectivity index (χ3v) is 22.9. The Bertz CT molecular complexity index is 964. The largest absolute Gasteiger partial charge is 2.00 e. The van der Waals surface area contributed by atoms with E-state index in [1.165, 1.54) is 18.2 Å². The minimum absolute atomic E-state index is 0. The summed E-state index contributed by atoms with van der Waals surface area (Å²) in [6, 6.07) is 22.7. The molecule has 0 saturated carbocycles. The van der Waals surface area contributed by atoms with Crippen LogP contribution in [-0.2, 0) is 17.1 Å². The molecule has 2 aromatic carbocycles. The van der Waals surface area contributed by atoms with Gasteiger partial charge in [0.05, 0.1) is 34.0 Å². The maximum Gasteiger partial charge on any atom is 2.00 e. The first-order chi connectivity index (χ1) is 20.4. The van der Waals surface area contributed by atoms with Crippen LogP contribution in [0.3, 0.4) is 0 Å². The van der Waals surface area contributed by atoms with E-state index >= 15 is 0 Å². The van der Waals surface area contributed by atoms with Gasteiger partial charge in [-0.3, -0.25) is 0 Å². The van der Waals surface area contributed by atoms with Crippen LogP contribution in [0.15, 0.2) is 48.5 Å². The third-order valence-electron chi connectivity index (χ3n) is 10.2. The Kier molecular flexibility index (Phi) is 21.3. The van der Waals surface area contributed by atoms with Crippen LogP contribution in [0.2, 0.25) is 0 Å². The molecule has 1 nitrogen and oxygen atoms in total. The van der Waals surface area contributed by atoms with Crippen molar-refractivity contribution in [1.82, 2.24) is 0 Å². The Labute approximate surface area is 296 Å². The van der Waals surface area contributed by atoms with Crippen molar-refractivity contribution in [2.75, 3.05) is 18.2 Å². The molecule has 45 heavy (non-hydrogen) atoms. The van der Waals surface area contributed by atoms with E-state index in [9.17, 15) is 0 Å². The zero-order valence-corrected chi connectivity index (χ0v) is 36.5. The van der Waals surface area contributed by atoms with Crippen molar-refractivity contribution >= 4 is 41.1 Å². The number of nitrogens with one attached hydrogen (secondary N) is 1. The summed E-state index contributed by atoms with van der Waals surface area (Å²) < 4.78 is 0. The van der Waals surface area contributed by atoms with Crippen LogP contribution in [0.25, 0.3) is 5.73 Å². The van der Waals surface area contributed by atoms with Gasteiger partial charge in [-0.25, -0.2) is 0 Å². The maximum atomic E-state index is 8.01. The maximum absolute atomic E-state index is 8.01. The van der Waals surface area contributed by atoms with E-state index in [4.69, 9.17) is 5.73 Å². The second kappa shape index (κ2) is 21.3. The van der Waals surface area contributed by atoms with Gasteiger partial charge < -0.3 is 5.73 Å². The topological polar surface area (TPSA) is 23.8 Å². The minimum atomic E-state index is -0.509. The Morgan fingerprint density at radius 3 is 1.00 bits per heavy atom. The summed E-state index contributed by atoms with van der Waals surface area (Å²) in [6.45, 7) is 38.8. The molecule has 0 unspecified atom stereocenters. The third kappa shape index (κ3) is 13.9. The van der Waals surface area contributed by atoms with Crippen molar-refractivity contribution in [3.05, 3.63) is 65.4 Å². The van der Waals surface area contributed by atoms with E-state index < -0.39 is 29.9 Å².